The Kier molecular flexibility index (Phi) is 7.94. The fraction of sp³-hybridized carbons (Fsp3) is 0.800. The van der Waals surface area contributed by atoms with Crippen molar-refractivity contribution in [3.8, 4) is 0 Å². The molecule has 0 rings (SSSR count). The number of aliphatic hydroxyl groups excluding tert-OH is 1. The number of nitrogens with one attached hydrogen (secondary N) is 1. The van der Waals surface area contributed by atoms with Crippen molar-refractivity contribution in [1.29, 1.82) is 0 Å². The highest BCUT2D eigenvalue weighted by Gasteiger charge is 2.21. The Hall–Kier alpha value is -0.790. The Morgan fingerprint density at radius 1 is 1.47 bits per heavy atom. The fourth-order valence-electron chi connectivity index (χ4n) is 1.27. The summed E-state index contributed by atoms with van der Waals surface area (Å²) < 4.78 is 0. The summed E-state index contributed by atoms with van der Waals surface area (Å²) in [4.78, 5) is 21.9. The first-order chi connectivity index (χ1) is 7.92. The van der Waals surface area contributed by atoms with Crippen LogP contribution in [0.4, 0.5) is 0 Å². The molecular weight excluding hydrogens is 244 g/mol. The van der Waals surface area contributed by atoms with Gasteiger partial charge in [-0.25, -0.2) is 0 Å². The molecule has 6 nitrogen and oxygen atoms in total. The largest absolute Gasteiger partial charge is 0.481 e. The van der Waals surface area contributed by atoms with E-state index in [0.717, 1.165) is 0 Å². The molecule has 0 aliphatic rings. The molecule has 0 spiro atoms. The number of hydrogen-bond acceptors (Lipinski definition) is 5. The van der Waals surface area contributed by atoms with Gasteiger partial charge in [-0.1, -0.05) is 0 Å². The first kappa shape index (κ1) is 16.2. The summed E-state index contributed by atoms with van der Waals surface area (Å²) in [6.07, 6.45) is 1.82. The maximum atomic E-state index is 11.6. The lowest BCUT2D eigenvalue weighted by molar-refractivity contribution is -0.137. The molecule has 0 aromatic rings. The van der Waals surface area contributed by atoms with E-state index in [9.17, 15) is 9.59 Å². The van der Waals surface area contributed by atoms with Gasteiger partial charge in [0.15, 0.2) is 0 Å². The number of nitrogens with two attached hydrogens (primary N) is 1. The van der Waals surface area contributed by atoms with Crippen LogP contribution in [-0.4, -0.2) is 52.3 Å². The normalized spacial score (nSPS) is 16.0. The highest BCUT2D eigenvalue weighted by Crippen LogP contribution is 2.10. The van der Waals surface area contributed by atoms with Gasteiger partial charge in [0.2, 0.25) is 5.91 Å². The molecule has 5 N–H and O–H groups in total. The lowest BCUT2D eigenvalue weighted by Gasteiger charge is -2.22. The smallest absolute Gasteiger partial charge is 0.303 e. The summed E-state index contributed by atoms with van der Waals surface area (Å²) in [7, 11) is 0. The second-order valence-electron chi connectivity index (χ2n) is 3.79. The van der Waals surface area contributed by atoms with E-state index in [1.807, 2.05) is 6.26 Å². The van der Waals surface area contributed by atoms with Crippen LogP contribution >= 0.6 is 11.8 Å². The van der Waals surface area contributed by atoms with Gasteiger partial charge >= 0.3 is 5.97 Å². The minimum absolute atomic E-state index is 0.0347. The van der Waals surface area contributed by atoms with Crippen LogP contribution in [0.25, 0.3) is 0 Å². The van der Waals surface area contributed by atoms with Gasteiger partial charge in [0.05, 0.1) is 12.6 Å². The summed E-state index contributed by atoms with van der Waals surface area (Å²) in [5, 5.41) is 20.1. The third-order valence-corrected chi connectivity index (χ3v) is 3.58. The average molecular weight is 264 g/mol. The van der Waals surface area contributed by atoms with Crippen molar-refractivity contribution >= 4 is 23.6 Å². The zero-order valence-corrected chi connectivity index (χ0v) is 10.9. The molecule has 0 heterocycles. The summed E-state index contributed by atoms with van der Waals surface area (Å²) in [6, 6.07) is -1.03. The average Bonchev–Trinajstić information content (AvgIpc) is 2.27. The number of aliphatic hydroxyl groups is 1. The lowest BCUT2D eigenvalue weighted by Crippen LogP contribution is -2.48. The van der Waals surface area contributed by atoms with Crippen LogP contribution in [-0.2, 0) is 9.59 Å². The third-order valence-electron chi connectivity index (χ3n) is 2.42. The van der Waals surface area contributed by atoms with E-state index in [2.05, 4.69) is 5.32 Å². The molecule has 0 radical (unpaired) electrons. The summed E-state index contributed by atoms with van der Waals surface area (Å²) >= 11 is 1.45. The molecule has 0 saturated heterocycles. The maximum Gasteiger partial charge on any atom is 0.303 e. The van der Waals surface area contributed by atoms with E-state index >= 15 is 0 Å². The molecule has 17 heavy (non-hydrogen) atoms. The Morgan fingerprint density at radius 2 is 2.06 bits per heavy atom. The van der Waals surface area contributed by atoms with Crippen molar-refractivity contribution in [3.63, 3.8) is 0 Å². The SMILES string of the molecule is CSC(CO)C(C)NC(=O)C(N)CCC(=O)O. The van der Waals surface area contributed by atoms with Gasteiger partial charge in [-0.2, -0.15) is 11.8 Å². The van der Waals surface area contributed by atoms with E-state index in [1.54, 1.807) is 6.92 Å². The Morgan fingerprint density at radius 3 is 2.47 bits per heavy atom. The topological polar surface area (TPSA) is 113 Å². The zero-order chi connectivity index (χ0) is 13.4. The molecule has 0 bridgehead atoms. The van der Waals surface area contributed by atoms with Crippen molar-refractivity contribution in [2.75, 3.05) is 12.9 Å². The van der Waals surface area contributed by atoms with Crippen molar-refractivity contribution in [2.45, 2.75) is 37.1 Å². The van der Waals surface area contributed by atoms with Crippen LogP contribution in [0, 0.1) is 0 Å². The first-order valence-corrected chi connectivity index (χ1v) is 6.62. The maximum absolute atomic E-state index is 11.6. The predicted molar refractivity (Wildman–Crippen MR) is 66.8 cm³/mol. The van der Waals surface area contributed by atoms with E-state index in [1.165, 1.54) is 11.8 Å². The Bertz CT molecular complexity index is 259. The third kappa shape index (κ3) is 6.50. The van der Waals surface area contributed by atoms with Crippen molar-refractivity contribution in [2.24, 2.45) is 5.73 Å². The fourth-order valence-corrected chi connectivity index (χ4v) is 1.90. The van der Waals surface area contributed by atoms with Crippen LogP contribution in [0.5, 0.6) is 0 Å². The number of carboxylic acids is 1. The molecule has 3 atom stereocenters. The molecule has 0 aliphatic heterocycles. The number of carboxylic acid groups (broad SMARTS) is 1. The van der Waals surface area contributed by atoms with Crippen LogP contribution in [0.2, 0.25) is 0 Å². The molecule has 3 unspecified atom stereocenters. The van der Waals surface area contributed by atoms with Gasteiger partial charge in [0.1, 0.15) is 0 Å². The van der Waals surface area contributed by atoms with Crippen molar-refractivity contribution in [1.82, 2.24) is 5.32 Å². The number of thioether (sulfide) groups is 1. The molecule has 0 aromatic heterocycles. The van der Waals surface area contributed by atoms with Gasteiger partial charge in [-0.05, 0) is 19.6 Å². The number of amides is 1. The van der Waals surface area contributed by atoms with Crippen molar-refractivity contribution < 1.29 is 19.8 Å². The molecule has 7 heteroatoms. The van der Waals surface area contributed by atoms with E-state index in [-0.39, 0.29) is 36.6 Å². The van der Waals surface area contributed by atoms with Gasteiger partial charge in [-0.15, -0.1) is 0 Å². The van der Waals surface area contributed by atoms with Crippen LogP contribution in [0.1, 0.15) is 19.8 Å². The van der Waals surface area contributed by atoms with Crippen molar-refractivity contribution in [3.05, 3.63) is 0 Å². The number of carbonyl (C=O) groups is 2. The quantitative estimate of drug-likeness (QED) is 0.466. The second-order valence-corrected chi connectivity index (χ2v) is 4.87. The summed E-state index contributed by atoms with van der Waals surface area (Å²) in [6.45, 7) is 1.74. The highest BCUT2D eigenvalue weighted by atomic mass is 32.2. The zero-order valence-electron chi connectivity index (χ0n) is 10.0. The molecule has 0 saturated carbocycles. The second kappa shape index (κ2) is 8.32. The predicted octanol–water partition coefficient (Wildman–Crippen LogP) is -0.593. The monoisotopic (exact) mass is 264 g/mol. The van der Waals surface area contributed by atoms with Crippen LogP contribution < -0.4 is 11.1 Å². The Labute approximate surface area is 105 Å². The Balaban J connectivity index is 4.10. The number of aliphatic carboxylic acids is 1. The van der Waals surface area contributed by atoms with Crippen LogP contribution in [0.3, 0.4) is 0 Å². The lowest BCUT2D eigenvalue weighted by atomic mass is 10.1. The van der Waals surface area contributed by atoms with E-state index < -0.39 is 12.0 Å². The molecule has 1 amide bonds. The molecule has 0 aliphatic carbocycles. The molecule has 0 fully saturated rings. The standard InChI is InChI=1S/C10H20N2O4S/c1-6(8(5-13)17-2)12-10(16)7(11)3-4-9(14)15/h6-8,13H,3-5,11H2,1-2H3,(H,12,16)(H,14,15). The minimum Gasteiger partial charge on any atom is -0.481 e. The van der Waals surface area contributed by atoms with Gasteiger partial charge in [-0.3, -0.25) is 9.59 Å². The molecule has 0 aromatic carbocycles. The van der Waals surface area contributed by atoms with Gasteiger partial charge in [0.25, 0.3) is 0 Å². The molecular formula is C10H20N2O4S. The van der Waals surface area contributed by atoms with Crippen LogP contribution in [0.15, 0.2) is 0 Å². The number of hydrogen-bond donors (Lipinski definition) is 4. The first-order valence-electron chi connectivity index (χ1n) is 5.33. The van der Waals surface area contributed by atoms with Gasteiger partial charge < -0.3 is 21.3 Å². The number of rotatable bonds is 8. The summed E-state index contributed by atoms with van der Waals surface area (Å²) in [5.41, 5.74) is 5.55. The highest BCUT2D eigenvalue weighted by molar-refractivity contribution is 7.99. The van der Waals surface area contributed by atoms with E-state index in [4.69, 9.17) is 15.9 Å². The summed E-state index contributed by atoms with van der Waals surface area (Å²) in [5.74, 6) is -1.36. The van der Waals surface area contributed by atoms with Gasteiger partial charge in [0, 0.05) is 17.7 Å². The van der Waals surface area contributed by atoms with E-state index in [0.29, 0.717) is 0 Å². The molecule has 100 valence electrons. The number of carbonyl (C=O) groups excluding carboxylic acids is 1. The minimum atomic E-state index is -0.973.